The Bertz CT molecular complexity index is 2540. The normalized spacial score (nSPS) is 19.3. The molecule has 5 aliphatic rings. The van der Waals surface area contributed by atoms with Gasteiger partial charge < -0.3 is 24.9 Å². The summed E-state index contributed by atoms with van der Waals surface area (Å²) in [5.41, 5.74) is 9.51. The molecule has 2 N–H and O–H groups in total. The van der Waals surface area contributed by atoms with Gasteiger partial charge in [-0.15, -0.1) is 21.5 Å². The molecule has 4 aromatic carbocycles. The second-order valence-electron chi connectivity index (χ2n) is 18.7. The number of para-hydroxylation sites is 1. The summed E-state index contributed by atoms with van der Waals surface area (Å²) in [6.45, 7) is 16.0. The average Bonchev–Trinajstić information content (AvgIpc) is 3.77. The third-order valence-electron chi connectivity index (χ3n) is 13.9. The number of phenolic OH excluding ortho intramolecular Hbond substituents is 1. The highest BCUT2D eigenvalue weighted by Crippen LogP contribution is 2.40. The summed E-state index contributed by atoms with van der Waals surface area (Å²) in [6.07, 6.45) is 7.62. The lowest BCUT2D eigenvalue weighted by atomic mass is 9.79. The number of halogens is 1. The van der Waals surface area contributed by atoms with Crippen LogP contribution in [0.5, 0.6) is 5.75 Å². The minimum atomic E-state index is -0.517. The van der Waals surface area contributed by atoms with Crippen LogP contribution >= 0.6 is 11.3 Å². The molecule has 11 heteroatoms. The summed E-state index contributed by atoms with van der Waals surface area (Å²) < 4.78 is 14.1. The minimum absolute atomic E-state index is 0.0767. The number of benzene rings is 4. The van der Waals surface area contributed by atoms with Gasteiger partial charge in [-0.25, -0.2) is 4.39 Å². The molecule has 0 amide bonds. The molecule has 0 unspecified atom stereocenters. The molecule has 3 fully saturated rings. The van der Waals surface area contributed by atoms with Crippen LogP contribution in [0.25, 0.3) is 5.00 Å². The van der Waals surface area contributed by atoms with Crippen LogP contribution < -0.4 is 9.80 Å². The molecule has 0 radical (unpaired) electrons. The quantitative estimate of drug-likeness (QED) is 0.165. The number of rotatable bonds is 7. The highest BCUT2D eigenvalue weighted by Gasteiger charge is 2.40. The number of thiophene rings is 1. The Labute approximate surface area is 381 Å². The summed E-state index contributed by atoms with van der Waals surface area (Å²) in [7, 11) is 0. The molecule has 0 bridgehead atoms. The Morgan fingerprint density at radius 3 is 2.03 bits per heavy atom. The molecule has 0 spiro atoms. The second kappa shape index (κ2) is 19.0. The van der Waals surface area contributed by atoms with Gasteiger partial charge in [0.15, 0.2) is 5.82 Å². The van der Waals surface area contributed by atoms with Gasteiger partial charge in [0, 0.05) is 79.1 Å². The fourth-order valence-electron chi connectivity index (χ4n) is 10.1. The van der Waals surface area contributed by atoms with Gasteiger partial charge in [0.1, 0.15) is 28.4 Å². The first-order chi connectivity index (χ1) is 31.0. The number of hydrogen-bond donors (Lipinski definition) is 2. The van der Waals surface area contributed by atoms with E-state index < -0.39 is 5.60 Å². The van der Waals surface area contributed by atoms with Gasteiger partial charge in [-0.2, -0.15) is 0 Å². The first kappa shape index (κ1) is 43.9. The predicted octanol–water partition coefficient (Wildman–Crippen LogP) is 10.1. The number of aromatic nitrogens is 3. The minimum Gasteiger partial charge on any atom is -0.508 e. The van der Waals surface area contributed by atoms with Gasteiger partial charge >= 0.3 is 0 Å². The van der Waals surface area contributed by atoms with Crippen molar-refractivity contribution >= 4 is 28.4 Å². The second-order valence-corrected chi connectivity index (χ2v) is 19.9. The lowest BCUT2D eigenvalue weighted by Crippen LogP contribution is -2.55. The number of aromatic hydroxyl groups is 1. The van der Waals surface area contributed by atoms with Crippen LogP contribution in [0, 0.1) is 38.4 Å². The molecule has 9 nitrogen and oxygen atoms in total. The molecule has 2 aromatic heterocycles. The Balaban J connectivity index is 0.000000237. The van der Waals surface area contributed by atoms with Gasteiger partial charge in [0.05, 0.1) is 11.3 Å². The average molecular weight is 880 g/mol. The summed E-state index contributed by atoms with van der Waals surface area (Å²) >= 11 is 1.80. The van der Waals surface area contributed by atoms with E-state index in [1.807, 2.05) is 19.1 Å². The van der Waals surface area contributed by atoms with Crippen LogP contribution in [0.3, 0.4) is 0 Å². The number of aliphatic imine (C=N–C) groups is 1. The van der Waals surface area contributed by atoms with Crippen molar-refractivity contribution in [3.63, 3.8) is 0 Å². The van der Waals surface area contributed by atoms with E-state index in [2.05, 4.69) is 105 Å². The Morgan fingerprint density at radius 2 is 1.38 bits per heavy atom. The van der Waals surface area contributed by atoms with Gasteiger partial charge in [-0.05, 0) is 144 Å². The van der Waals surface area contributed by atoms with E-state index in [-0.39, 0.29) is 11.9 Å². The third kappa shape index (κ3) is 9.67. The number of hydrogen-bond acceptors (Lipinski definition) is 9. The van der Waals surface area contributed by atoms with Crippen molar-refractivity contribution in [1.82, 2.24) is 19.7 Å². The Hall–Kier alpha value is -5.36. The molecule has 334 valence electrons. The fraction of sp³-hybridized carbons (Fsp3) is 0.415. The van der Waals surface area contributed by atoms with Crippen LogP contribution in [-0.4, -0.2) is 87.0 Å². The lowest BCUT2D eigenvalue weighted by Gasteiger charge is -2.48. The monoisotopic (exact) mass is 879 g/mol. The van der Waals surface area contributed by atoms with Crippen LogP contribution in [0.1, 0.15) is 89.4 Å². The summed E-state index contributed by atoms with van der Waals surface area (Å²) in [6, 6.07) is 33.3. The van der Waals surface area contributed by atoms with E-state index in [0.717, 1.165) is 100 Å². The molecular formula is C53H62FN7O2S. The van der Waals surface area contributed by atoms with Crippen molar-refractivity contribution in [2.24, 2.45) is 16.8 Å². The lowest BCUT2D eigenvalue weighted by molar-refractivity contribution is -0.0444. The summed E-state index contributed by atoms with van der Waals surface area (Å²) in [4.78, 5) is 14.0. The SMILES string of the molecule is Cc1sc2c(c1C)C(c1ccc(N3CC(CC4(O)CCN(CC5CN(c6ccccc6)C5)CC4)C3)cc1)=N[C@@H](C)c1nnc(C)n1-2.Fc1ccccc1.Oc1ccc2c(c1)CCCC2. The highest BCUT2D eigenvalue weighted by atomic mass is 32.1. The maximum Gasteiger partial charge on any atom is 0.162 e. The van der Waals surface area contributed by atoms with E-state index in [1.54, 1.807) is 35.6 Å². The van der Waals surface area contributed by atoms with Crippen molar-refractivity contribution in [3.05, 3.63) is 153 Å². The first-order valence-corrected chi connectivity index (χ1v) is 24.0. The number of anilines is 2. The van der Waals surface area contributed by atoms with Crippen LogP contribution in [-0.2, 0) is 12.8 Å². The fourth-order valence-corrected chi connectivity index (χ4v) is 11.4. The molecule has 64 heavy (non-hydrogen) atoms. The summed E-state index contributed by atoms with van der Waals surface area (Å²) in [5.74, 6) is 3.32. The molecule has 6 aromatic rings. The van der Waals surface area contributed by atoms with Crippen molar-refractivity contribution in [3.8, 4) is 10.8 Å². The molecular weight excluding hydrogens is 818 g/mol. The standard InChI is InChI=1S/C37H45N7OS.C10H12O.C6H5F/c1-24-26(3)46-36-33(24)34(38-25(2)35-40-39-27(4)44(35)36)30-10-12-32(13-11-30)42-20-28(21-42)18-37(45)14-16-41(17-15-37)19-29-22-43(23-29)31-8-6-5-7-9-31;11-10-6-5-8-3-1-2-4-9(8)7-10;7-6-4-2-1-3-5-6/h5-13,25,28-29,45H,14-23H2,1-4H3;5-7,11H,1-4H2;1-5H/t25-;;/m0../s1. The van der Waals surface area contributed by atoms with Crippen molar-refractivity contribution in [2.45, 2.75) is 84.3 Å². The predicted molar refractivity (Wildman–Crippen MR) is 258 cm³/mol. The topological polar surface area (TPSA) is 93.3 Å². The number of phenols is 1. The number of nitrogens with zero attached hydrogens (tertiary/aromatic N) is 7. The van der Waals surface area contributed by atoms with E-state index in [1.165, 1.54) is 74.9 Å². The van der Waals surface area contributed by atoms with Crippen LogP contribution in [0.4, 0.5) is 15.8 Å². The van der Waals surface area contributed by atoms with Crippen molar-refractivity contribution in [1.29, 1.82) is 0 Å². The highest BCUT2D eigenvalue weighted by molar-refractivity contribution is 7.15. The van der Waals surface area contributed by atoms with E-state index in [4.69, 9.17) is 4.99 Å². The molecule has 11 rings (SSSR count). The molecule has 3 saturated heterocycles. The number of piperidine rings is 1. The maximum atomic E-state index is 11.9. The first-order valence-electron chi connectivity index (χ1n) is 23.2. The molecule has 1 atom stereocenters. The van der Waals surface area contributed by atoms with Gasteiger partial charge in [-0.1, -0.05) is 54.6 Å². The van der Waals surface area contributed by atoms with E-state index >= 15 is 0 Å². The smallest absolute Gasteiger partial charge is 0.162 e. The number of aryl methyl sites for hydroxylation is 4. The maximum absolute atomic E-state index is 11.9. The zero-order valence-corrected chi connectivity index (χ0v) is 38.6. The summed E-state index contributed by atoms with van der Waals surface area (Å²) in [5, 5.41) is 30.7. The largest absolute Gasteiger partial charge is 0.508 e. The van der Waals surface area contributed by atoms with Crippen LogP contribution in [0.15, 0.2) is 108 Å². The van der Waals surface area contributed by atoms with Gasteiger partial charge in [-0.3, -0.25) is 9.56 Å². The van der Waals surface area contributed by atoms with Gasteiger partial charge in [0.25, 0.3) is 0 Å². The number of aliphatic hydroxyl groups is 1. The Kier molecular flexibility index (Phi) is 13.0. The van der Waals surface area contributed by atoms with Crippen molar-refractivity contribution < 1.29 is 14.6 Å². The van der Waals surface area contributed by atoms with Gasteiger partial charge in [0.2, 0.25) is 0 Å². The van der Waals surface area contributed by atoms with E-state index in [0.29, 0.717) is 11.7 Å². The van der Waals surface area contributed by atoms with E-state index in [9.17, 15) is 14.6 Å². The molecule has 0 saturated carbocycles. The van der Waals surface area contributed by atoms with Crippen LogP contribution in [0.2, 0.25) is 0 Å². The molecule has 1 aliphatic carbocycles. The molecule has 6 heterocycles. The third-order valence-corrected chi connectivity index (χ3v) is 15.1. The number of likely N-dealkylation sites (tertiary alicyclic amines) is 1. The zero-order chi connectivity index (χ0) is 44.4. The van der Waals surface area contributed by atoms with Crippen molar-refractivity contribution in [2.75, 3.05) is 55.6 Å². The zero-order valence-electron chi connectivity index (χ0n) is 37.8. The molecule has 4 aliphatic heterocycles. The Morgan fingerprint density at radius 1 is 0.750 bits per heavy atom. The number of fused-ring (bicyclic) bond motifs is 4.